The van der Waals surface area contributed by atoms with Crippen molar-refractivity contribution in [3.8, 4) is 0 Å². The summed E-state index contributed by atoms with van der Waals surface area (Å²) in [6.45, 7) is 2.63. The van der Waals surface area contributed by atoms with Crippen molar-refractivity contribution in [2.75, 3.05) is 25.0 Å². The third-order valence-corrected chi connectivity index (χ3v) is 7.49. The number of carbonyl (C=O) groups is 2. The van der Waals surface area contributed by atoms with Gasteiger partial charge in [0.2, 0.25) is 15.9 Å². The third-order valence-electron chi connectivity index (χ3n) is 5.08. The second kappa shape index (κ2) is 10.4. The van der Waals surface area contributed by atoms with E-state index >= 15 is 0 Å². The van der Waals surface area contributed by atoms with Crippen LogP contribution in [0.25, 0.3) is 0 Å². The van der Waals surface area contributed by atoms with Crippen molar-refractivity contribution >= 4 is 43.5 Å². The van der Waals surface area contributed by atoms with Crippen molar-refractivity contribution in [1.82, 2.24) is 4.31 Å². The van der Waals surface area contributed by atoms with E-state index < -0.39 is 15.9 Å². The minimum Gasteiger partial charge on any atom is -0.466 e. The van der Waals surface area contributed by atoms with E-state index in [0.29, 0.717) is 31.7 Å². The van der Waals surface area contributed by atoms with Crippen molar-refractivity contribution in [2.45, 2.75) is 31.1 Å². The summed E-state index contributed by atoms with van der Waals surface area (Å²) in [4.78, 5) is 24.5. The number of esters is 1. The van der Waals surface area contributed by atoms with Crippen LogP contribution >= 0.6 is 15.9 Å². The van der Waals surface area contributed by atoms with Gasteiger partial charge in [-0.15, -0.1) is 0 Å². The Morgan fingerprint density at radius 3 is 2.45 bits per heavy atom. The Labute approximate surface area is 191 Å². The first-order chi connectivity index (χ1) is 14.8. The highest BCUT2D eigenvalue weighted by atomic mass is 79.9. The van der Waals surface area contributed by atoms with Crippen LogP contribution in [0.15, 0.2) is 57.9 Å². The molecule has 1 saturated heterocycles. The number of anilines is 1. The van der Waals surface area contributed by atoms with Gasteiger partial charge in [0.15, 0.2) is 0 Å². The van der Waals surface area contributed by atoms with E-state index in [2.05, 4.69) is 21.2 Å². The zero-order valence-corrected chi connectivity index (χ0v) is 19.6. The number of nitrogens with one attached hydrogen (secondary N) is 1. The lowest BCUT2D eigenvalue weighted by molar-refractivity contribution is -0.142. The molecule has 0 spiro atoms. The molecule has 2 aromatic rings. The van der Waals surface area contributed by atoms with Crippen LogP contribution in [0.1, 0.15) is 25.3 Å². The van der Waals surface area contributed by atoms with Gasteiger partial charge in [-0.2, -0.15) is 4.31 Å². The zero-order chi connectivity index (χ0) is 22.4. The van der Waals surface area contributed by atoms with Gasteiger partial charge in [-0.3, -0.25) is 9.59 Å². The number of piperidine rings is 1. The first-order valence-electron chi connectivity index (χ1n) is 10.1. The number of nitrogens with zero attached hydrogens (tertiary/aromatic N) is 1. The second-order valence-corrected chi connectivity index (χ2v) is 10.2. The molecule has 1 aliphatic rings. The van der Waals surface area contributed by atoms with Gasteiger partial charge < -0.3 is 10.1 Å². The highest BCUT2D eigenvalue weighted by Gasteiger charge is 2.33. The summed E-state index contributed by atoms with van der Waals surface area (Å²) in [5.74, 6) is -0.944. The van der Waals surface area contributed by atoms with Gasteiger partial charge in [-0.05, 0) is 61.7 Å². The fourth-order valence-corrected chi connectivity index (χ4v) is 5.25. The Balaban J connectivity index is 1.62. The second-order valence-electron chi connectivity index (χ2n) is 7.32. The largest absolute Gasteiger partial charge is 0.466 e. The molecule has 1 amide bonds. The van der Waals surface area contributed by atoms with Gasteiger partial charge in [0.25, 0.3) is 0 Å². The smallest absolute Gasteiger partial charge is 0.310 e. The molecule has 1 heterocycles. The lowest BCUT2D eigenvalue weighted by Crippen LogP contribution is -2.43. The molecule has 1 N–H and O–H groups in total. The maximum atomic E-state index is 12.9. The number of sulfonamides is 1. The van der Waals surface area contributed by atoms with Crippen LogP contribution in [-0.4, -0.2) is 44.3 Å². The average Bonchev–Trinajstić information content (AvgIpc) is 2.75. The Bertz CT molecular complexity index is 1020. The number of hydrogen-bond acceptors (Lipinski definition) is 5. The molecule has 166 valence electrons. The molecule has 2 aromatic carbocycles. The number of rotatable bonds is 7. The zero-order valence-electron chi connectivity index (χ0n) is 17.2. The minimum absolute atomic E-state index is 0.144. The van der Waals surface area contributed by atoms with Gasteiger partial charge in [-0.25, -0.2) is 8.42 Å². The molecule has 1 fully saturated rings. The summed E-state index contributed by atoms with van der Waals surface area (Å²) in [5.41, 5.74) is 1.39. The fourth-order valence-electron chi connectivity index (χ4n) is 3.46. The number of hydrogen-bond donors (Lipinski definition) is 1. The van der Waals surface area contributed by atoms with E-state index in [4.69, 9.17) is 4.74 Å². The van der Waals surface area contributed by atoms with Crippen molar-refractivity contribution in [3.05, 3.63) is 58.6 Å². The molecule has 1 aliphatic heterocycles. The molecule has 31 heavy (non-hydrogen) atoms. The van der Waals surface area contributed by atoms with E-state index in [1.807, 2.05) is 0 Å². The maximum Gasteiger partial charge on any atom is 0.310 e. The van der Waals surface area contributed by atoms with Crippen molar-refractivity contribution in [3.63, 3.8) is 0 Å². The molecule has 9 heteroatoms. The Morgan fingerprint density at radius 2 is 1.81 bits per heavy atom. The van der Waals surface area contributed by atoms with E-state index in [1.165, 1.54) is 4.31 Å². The molecule has 3 rings (SSSR count). The predicted molar refractivity (Wildman–Crippen MR) is 121 cm³/mol. The van der Waals surface area contributed by atoms with Crippen LogP contribution in [0.5, 0.6) is 0 Å². The summed E-state index contributed by atoms with van der Waals surface area (Å²) in [6.07, 6.45) is 1.42. The number of benzene rings is 2. The van der Waals surface area contributed by atoms with E-state index in [-0.39, 0.29) is 29.7 Å². The fraction of sp³-hybridized carbons (Fsp3) is 0.364. The number of carbonyl (C=O) groups excluding carboxylic acids is 2. The third kappa shape index (κ3) is 6.15. The molecule has 0 aliphatic carbocycles. The highest BCUT2D eigenvalue weighted by Crippen LogP contribution is 2.26. The quantitative estimate of drug-likeness (QED) is 0.576. The van der Waals surface area contributed by atoms with Gasteiger partial charge in [0, 0.05) is 23.2 Å². The van der Waals surface area contributed by atoms with Crippen molar-refractivity contribution in [2.24, 2.45) is 5.92 Å². The van der Waals surface area contributed by atoms with Crippen LogP contribution in [0.4, 0.5) is 5.69 Å². The standard InChI is InChI=1S/C22H25BrN2O5S/c1-2-30-21(26)14-16-5-9-19(10-6-16)24-22(27)17-4-3-13-25(15-17)31(28,29)20-11-7-18(23)8-12-20/h5-12,17H,2-4,13-15H2,1H3,(H,24,27)/t17-/m0/s1. The highest BCUT2D eigenvalue weighted by molar-refractivity contribution is 9.10. The van der Waals surface area contributed by atoms with Crippen LogP contribution in [0.2, 0.25) is 0 Å². The maximum absolute atomic E-state index is 12.9. The Morgan fingerprint density at radius 1 is 1.13 bits per heavy atom. The van der Waals surface area contributed by atoms with Crippen LogP contribution in [-0.2, 0) is 30.8 Å². The van der Waals surface area contributed by atoms with Gasteiger partial charge >= 0.3 is 5.97 Å². The number of ether oxygens (including phenoxy) is 1. The normalized spacial score (nSPS) is 17.2. The summed E-state index contributed by atoms with van der Waals surface area (Å²) >= 11 is 3.31. The van der Waals surface area contributed by atoms with Gasteiger partial charge in [0.1, 0.15) is 0 Å². The number of halogens is 1. The summed E-state index contributed by atoms with van der Waals surface area (Å²) < 4.78 is 33.0. The molecule has 0 radical (unpaired) electrons. The molecule has 0 unspecified atom stereocenters. The lowest BCUT2D eigenvalue weighted by Gasteiger charge is -2.31. The summed E-state index contributed by atoms with van der Waals surface area (Å²) in [5, 5.41) is 2.85. The Kier molecular flexibility index (Phi) is 7.85. The van der Waals surface area contributed by atoms with Crippen LogP contribution in [0, 0.1) is 5.92 Å². The SMILES string of the molecule is CCOC(=O)Cc1ccc(NC(=O)[C@H]2CCCN(S(=O)(=O)c3ccc(Br)cc3)C2)cc1. The monoisotopic (exact) mass is 508 g/mol. The van der Waals surface area contributed by atoms with E-state index in [0.717, 1.165) is 10.0 Å². The molecule has 7 nitrogen and oxygen atoms in total. The van der Waals surface area contributed by atoms with Gasteiger partial charge in [-0.1, -0.05) is 28.1 Å². The van der Waals surface area contributed by atoms with Crippen molar-refractivity contribution < 1.29 is 22.7 Å². The van der Waals surface area contributed by atoms with Gasteiger partial charge in [0.05, 0.1) is 23.8 Å². The first kappa shape index (κ1) is 23.4. The summed E-state index contributed by atoms with van der Waals surface area (Å²) in [6, 6.07) is 13.5. The minimum atomic E-state index is -3.65. The summed E-state index contributed by atoms with van der Waals surface area (Å²) in [7, 11) is -3.65. The van der Waals surface area contributed by atoms with E-state index in [9.17, 15) is 18.0 Å². The Hall–Kier alpha value is -2.23. The number of amides is 1. The van der Waals surface area contributed by atoms with Crippen molar-refractivity contribution in [1.29, 1.82) is 0 Å². The molecule has 1 atom stereocenters. The molecular weight excluding hydrogens is 484 g/mol. The molecule has 0 aromatic heterocycles. The lowest BCUT2D eigenvalue weighted by atomic mass is 9.98. The van der Waals surface area contributed by atoms with Crippen LogP contribution in [0.3, 0.4) is 0 Å². The average molecular weight is 509 g/mol. The van der Waals surface area contributed by atoms with Crippen LogP contribution < -0.4 is 5.32 Å². The topological polar surface area (TPSA) is 92.8 Å². The van der Waals surface area contributed by atoms with E-state index in [1.54, 1.807) is 55.5 Å². The molecule has 0 saturated carbocycles. The predicted octanol–water partition coefficient (Wildman–Crippen LogP) is 3.59. The molecule has 0 bridgehead atoms. The first-order valence-corrected chi connectivity index (χ1v) is 12.3. The molecular formula is C22H25BrN2O5S.